The number of hydrogen-bond acceptors (Lipinski definition) is 1. The summed E-state index contributed by atoms with van der Waals surface area (Å²) in [5.74, 6) is 0. The van der Waals surface area contributed by atoms with Gasteiger partial charge in [0.25, 0.3) is 6.79 Å². The molecule has 1 rings (SSSR count). The Kier molecular flexibility index (Phi) is 5.91. The molecule has 11 heavy (non-hydrogen) atoms. The molecule has 0 N–H and O–H groups in total. The lowest BCUT2D eigenvalue weighted by atomic mass is 10.2. The lowest BCUT2D eigenvalue weighted by molar-refractivity contribution is 0.574. The number of hydrogen-bond donors (Lipinski definition) is 0. The molecule has 1 aromatic rings. The summed E-state index contributed by atoms with van der Waals surface area (Å²) in [4.78, 5) is 7.50. The molecule has 1 nitrogen and oxygen atoms in total. The van der Waals surface area contributed by atoms with Gasteiger partial charge >= 0.3 is 0 Å². The van der Waals surface area contributed by atoms with E-state index in [4.69, 9.17) is 4.79 Å². The molecule has 0 bridgehead atoms. The van der Waals surface area contributed by atoms with Gasteiger partial charge in [0.2, 0.25) is 0 Å². The average Bonchev–Trinajstić information content (AvgIpc) is 2.11. The summed E-state index contributed by atoms with van der Waals surface area (Å²) in [7, 11) is 0. The molecular formula is C10H10O. The summed E-state index contributed by atoms with van der Waals surface area (Å²) < 4.78 is 0. The van der Waals surface area contributed by atoms with Gasteiger partial charge in [-0.3, -0.25) is 4.79 Å². The molecule has 2 radical (unpaired) electrons. The van der Waals surface area contributed by atoms with Crippen LogP contribution in [0.5, 0.6) is 0 Å². The van der Waals surface area contributed by atoms with Crippen LogP contribution in [-0.2, 0) is 11.2 Å². The molecule has 0 aliphatic carbocycles. The van der Waals surface area contributed by atoms with Crippen LogP contribution in [0.15, 0.2) is 43.0 Å². The molecule has 0 heterocycles. The van der Waals surface area contributed by atoms with Crippen molar-refractivity contribution in [3.63, 3.8) is 0 Å². The summed E-state index contributed by atoms with van der Waals surface area (Å²) in [5.41, 5.74) is 1.33. The predicted octanol–water partition coefficient (Wildman–Crippen LogP) is 2.02. The van der Waals surface area contributed by atoms with Gasteiger partial charge in [-0.05, 0) is 12.0 Å². The van der Waals surface area contributed by atoms with Gasteiger partial charge in [0.1, 0.15) is 0 Å². The topological polar surface area (TPSA) is 17.1 Å². The summed E-state index contributed by atoms with van der Waals surface area (Å²) in [6, 6.07) is 10.3. The number of rotatable bonds is 2. The predicted molar refractivity (Wildman–Crippen MR) is 46.0 cm³/mol. The smallest absolute Gasteiger partial charge is 0.281 e. The first-order valence-corrected chi connectivity index (χ1v) is 3.28. The van der Waals surface area contributed by atoms with E-state index in [1.54, 1.807) is 0 Å². The maximum absolute atomic E-state index is 7.50. The van der Waals surface area contributed by atoms with E-state index in [1.807, 2.05) is 24.3 Å². The van der Waals surface area contributed by atoms with Crippen LogP contribution in [0.1, 0.15) is 5.56 Å². The van der Waals surface area contributed by atoms with Crippen LogP contribution in [0.25, 0.3) is 0 Å². The normalized spacial score (nSPS) is 7.64. The van der Waals surface area contributed by atoms with Crippen molar-refractivity contribution in [3.8, 4) is 0 Å². The van der Waals surface area contributed by atoms with E-state index in [0.29, 0.717) is 0 Å². The minimum atomic E-state index is 0.973. The first-order chi connectivity index (χ1) is 5.43. The highest BCUT2D eigenvalue weighted by Gasteiger charge is 1.82. The molecule has 0 saturated heterocycles. The van der Waals surface area contributed by atoms with Gasteiger partial charge in [-0.25, -0.2) is 0 Å². The van der Waals surface area contributed by atoms with Gasteiger partial charge in [0.15, 0.2) is 0 Å². The Balaban J connectivity index is 0.000000461. The van der Waals surface area contributed by atoms with Gasteiger partial charge < -0.3 is 0 Å². The second kappa shape index (κ2) is 6.75. The molecule has 0 spiro atoms. The largest absolute Gasteiger partial charge is 0.281 e. The molecule has 1 heteroatoms. The van der Waals surface area contributed by atoms with E-state index in [1.165, 1.54) is 5.56 Å². The van der Waals surface area contributed by atoms with Gasteiger partial charge in [-0.1, -0.05) is 36.4 Å². The Morgan fingerprint density at radius 1 is 1.27 bits per heavy atom. The minimum absolute atomic E-state index is 0.973. The zero-order valence-corrected chi connectivity index (χ0v) is 6.29. The fourth-order valence-corrected chi connectivity index (χ4v) is 0.781. The van der Waals surface area contributed by atoms with Crippen LogP contribution in [-0.4, -0.2) is 6.79 Å². The third kappa shape index (κ3) is 4.09. The Morgan fingerprint density at radius 2 is 1.82 bits per heavy atom. The monoisotopic (exact) mass is 146 g/mol. The van der Waals surface area contributed by atoms with Gasteiger partial charge in [-0.15, -0.1) is 6.58 Å². The first kappa shape index (κ1) is 9.63. The molecule has 0 atom stereocenters. The fraction of sp³-hybridized carbons (Fsp3) is 0.100. The van der Waals surface area contributed by atoms with Crippen LogP contribution < -0.4 is 0 Å². The molecule has 0 saturated carbocycles. The van der Waals surface area contributed by atoms with Crippen LogP contribution in [0.2, 0.25) is 0 Å². The Labute approximate surface area is 67.4 Å². The van der Waals surface area contributed by atoms with Crippen molar-refractivity contribution in [1.29, 1.82) is 0 Å². The van der Waals surface area contributed by atoms with Crippen molar-refractivity contribution >= 4 is 6.79 Å². The molecule has 0 amide bonds. The zero-order valence-electron chi connectivity index (χ0n) is 6.29. The van der Waals surface area contributed by atoms with E-state index in [-0.39, 0.29) is 0 Å². The molecule has 0 aliphatic rings. The van der Waals surface area contributed by atoms with Crippen molar-refractivity contribution in [2.75, 3.05) is 0 Å². The van der Waals surface area contributed by atoms with Gasteiger partial charge in [0.05, 0.1) is 0 Å². The lowest BCUT2D eigenvalue weighted by Crippen LogP contribution is -1.75. The highest BCUT2D eigenvalue weighted by molar-refractivity contribution is 5.16. The molecule has 0 fully saturated rings. The van der Waals surface area contributed by atoms with Gasteiger partial charge in [0, 0.05) is 0 Å². The molecule has 56 valence electrons. The highest BCUT2D eigenvalue weighted by Crippen LogP contribution is 1.98. The Bertz CT molecular complexity index is 191. The SMILES string of the molecule is C=CCc1ccccc1.[C]=O. The summed E-state index contributed by atoms with van der Waals surface area (Å²) in [6.07, 6.45) is 2.89. The Hall–Kier alpha value is -1.37. The second-order valence-corrected chi connectivity index (χ2v) is 1.98. The van der Waals surface area contributed by atoms with Crippen molar-refractivity contribution in [1.82, 2.24) is 0 Å². The summed E-state index contributed by atoms with van der Waals surface area (Å²) in [5, 5.41) is 0. The fourth-order valence-electron chi connectivity index (χ4n) is 0.781. The van der Waals surface area contributed by atoms with Crippen LogP contribution in [0.4, 0.5) is 0 Å². The third-order valence-electron chi connectivity index (χ3n) is 1.22. The lowest BCUT2D eigenvalue weighted by Gasteiger charge is -1.91. The highest BCUT2D eigenvalue weighted by atomic mass is 16.1. The molecule has 0 aromatic heterocycles. The van der Waals surface area contributed by atoms with E-state index in [2.05, 4.69) is 25.5 Å². The average molecular weight is 146 g/mol. The second-order valence-electron chi connectivity index (χ2n) is 1.98. The van der Waals surface area contributed by atoms with Crippen molar-refractivity contribution in [3.05, 3.63) is 48.6 Å². The number of carbonyl (C=O) groups excluding carboxylic acids is 1. The first-order valence-electron chi connectivity index (χ1n) is 3.28. The van der Waals surface area contributed by atoms with Gasteiger partial charge in [-0.2, -0.15) is 0 Å². The number of benzene rings is 1. The quantitative estimate of drug-likeness (QED) is 0.583. The maximum Gasteiger partial charge on any atom is 0.281 e. The molecule has 1 aromatic carbocycles. The number of allylic oxidation sites excluding steroid dienone is 1. The van der Waals surface area contributed by atoms with Crippen molar-refractivity contribution < 1.29 is 4.79 Å². The molecular weight excluding hydrogens is 136 g/mol. The standard InChI is InChI=1S/C9H10.CO/c1-2-6-9-7-4-3-5-8-9;1-2/h2-5,7-8H,1,6H2;. The van der Waals surface area contributed by atoms with E-state index in [0.717, 1.165) is 6.42 Å². The zero-order chi connectivity index (χ0) is 8.53. The summed E-state index contributed by atoms with van der Waals surface area (Å²) in [6.45, 7) is 8.16. The van der Waals surface area contributed by atoms with E-state index < -0.39 is 0 Å². The van der Waals surface area contributed by atoms with Crippen LogP contribution in [0, 0.1) is 0 Å². The van der Waals surface area contributed by atoms with E-state index in [9.17, 15) is 0 Å². The molecule has 0 aliphatic heterocycles. The van der Waals surface area contributed by atoms with Crippen molar-refractivity contribution in [2.24, 2.45) is 0 Å². The summed E-state index contributed by atoms with van der Waals surface area (Å²) >= 11 is 0. The third-order valence-corrected chi connectivity index (χ3v) is 1.22. The minimum Gasteiger partial charge on any atom is -0.281 e. The Morgan fingerprint density at radius 3 is 2.27 bits per heavy atom. The maximum atomic E-state index is 7.50. The van der Waals surface area contributed by atoms with Crippen LogP contribution in [0.3, 0.4) is 0 Å². The van der Waals surface area contributed by atoms with E-state index >= 15 is 0 Å². The molecule has 0 unspecified atom stereocenters. The van der Waals surface area contributed by atoms with Crippen LogP contribution >= 0.6 is 0 Å². The van der Waals surface area contributed by atoms with Crippen molar-refractivity contribution in [2.45, 2.75) is 6.42 Å².